The molecule has 0 unspecified atom stereocenters. The number of benzene rings is 1. The zero-order valence-electron chi connectivity index (χ0n) is 7.30. The van der Waals surface area contributed by atoms with Crippen molar-refractivity contribution in [3.8, 4) is 5.75 Å². The molecule has 5 heteroatoms. The maximum Gasteiger partial charge on any atom is 0.303 e. The first-order chi connectivity index (χ1) is 6.63. The second-order valence-electron chi connectivity index (χ2n) is 2.81. The fourth-order valence-electron chi connectivity index (χ4n) is 1.05. The fraction of sp³-hybridized carbons (Fsp3) is 0.222. The summed E-state index contributed by atoms with van der Waals surface area (Å²) >= 11 is 0. The van der Waals surface area contributed by atoms with Crippen LogP contribution < -0.4 is 0 Å². The van der Waals surface area contributed by atoms with Gasteiger partial charge in [-0.2, -0.15) is 0 Å². The Hall–Kier alpha value is -1.91. The van der Waals surface area contributed by atoms with Crippen molar-refractivity contribution < 1.29 is 15.0 Å². The van der Waals surface area contributed by atoms with Crippen molar-refractivity contribution in [1.29, 1.82) is 0 Å². The second kappa shape index (κ2) is 4.36. The number of nitrogens with zero attached hydrogens (tertiary/aromatic N) is 1. The zero-order chi connectivity index (χ0) is 10.6. The van der Waals surface area contributed by atoms with Gasteiger partial charge < -0.3 is 10.2 Å². The number of phenols is 1. The maximum absolute atomic E-state index is 10.3. The van der Waals surface area contributed by atoms with Crippen molar-refractivity contribution in [1.82, 2.24) is 0 Å². The Morgan fingerprint density at radius 3 is 2.71 bits per heavy atom. The molecule has 1 aromatic rings. The van der Waals surface area contributed by atoms with Gasteiger partial charge in [-0.1, -0.05) is 6.07 Å². The lowest BCUT2D eigenvalue weighted by Crippen LogP contribution is -1.97. The Morgan fingerprint density at radius 1 is 1.43 bits per heavy atom. The third-order valence-corrected chi connectivity index (χ3v) is 1.77. The number of nitroso groups, excluding NO2 is 1. The molecule has 0 radical (unpaired) electrons. The molecular formula is C9H9NO4. The Balaban J connectivity index is 2.79. The monoisotopic (exact) mass is 195 g/mol. The molecule has 0 saturated heterocycles. The molecule has 1 aromatic carbocycles. The second-order valence-corrected chi connectivity index (χ2v) is 2.81. The molecule has 0 amide bonds. The van der Waals surface area contributed by atoms with E-state index < -0.39 is 5.97 Å². The van der Waals surface area contributed by atoms with Crippen LogP contribution in [0, 0.1) is 4.91 Å². The van der Waals surface area contributed by atoms with Gasteiger partial charge in [-0.15, -0.1) is 4.91 Å². The minimum atomic E-state index is -0.904. The Bertz CT molecular complexity index is 362. The normalized spacial score (nSPS) is 9.71. The number of carboxylic acid groups (broad SMARTS) is 1. The van der Waals surface area contributed by atoms with Gasteiger partial charge in [-0.05, 0) is 29.3 Å². The van der Waals surface area contributed by atoms with Crippen LogP contribution in [0.2, 0.25) is 0 Å². The highest BCUT2D eigenvalue weighted by Crippen LogP contribution is 2.27. The standard InChI is InChI=1S/C9H9NO4/c11-8-3-1-6(2-4-9(12)13)5-7(8)10-14/h1,3,5,11H,2,4H2,(H,12,13). The van der Waals surface area contributed by atoms with Crippen molar-refractivity contribution in [2.45, 2.75) is 12.8 Å². The number of aromatic hydroxyl groups is 1. The average Bonchev–Trinajstić information content (AvgIpc) is 2.16. The first-order valence-electron chi connectivity index (χ1n) is 4.00. The molecule has 14 heavy (non-hydrogen) atoms. The van der Waals surface area contributed by atoms with Crippen LogP contribution in [0.25, 0.3) is 0 Å². The number of rotatable bonds is 4. The molecule has 0 aliphatic carbocycles. The Morgan fingerprint density at radius 2 is 2.14 bits per heavy atom. The summed E-state index contributed by atoms with van der Waals surface area (Å²) in [5.41, 5.74) is 0.604. The molecule has 0 aliphatic rings. The van der Waals surface area contributed by atoms with Gasteiger partial charge in [0, 0.05) is 6.42 Å². The van der Waals surface area contributed by atoms with Gasteiger partial charge in [0.2, 0.25) is 0 Å². The molecule has 0 bridgehead atoms. The highest BCUT2D eigenvalue weighted by molar-refractivity contribution is 5.67. The molecule has 0 fully saturated rings. The predicted molar refractivity (Wildman–Crippen MR) is 49.5 cm³/mol. The van der Waals surface area contributed by atoms with Crippen molar-refractivity contribution in [2.75, 3.05) is 0 Å². The molecule has 1 rings (SSSR count). The number of carboxylic acids is 1. The number of carbonyl (C=O) groups is 1. The average molecular weight is 195 g/mol. The van der Waals surface area contributed by atoms with E-state index in [0.29, 0.717) is 12.0 Å². The van der Waals surface area contributed by atoms with E-state index in [-0.39, 0.29) is 17.9 Å². The lowest BCUT2D eigenvalue weighted by Gasteiger charge is -2.00. The van der Waals surface area contributed by atoms with Crippen LogP contribution >= 0.6 is 0 Å². The quantitative estimate of drug-likeness (QED) is 0.717. The summed E-state index contributed by atoms with van der Waals surface area (Å²) in [6, 6.07) is 4.27. The first-order valence-corrected chi connectivity index (χ1v) is 4.00. The van der Waals surface area contributed by atoms with Gasteiger partial charge in [-0.25, -0.2) is 0 Å². The van der Waals surface area contributed by atoms with Gasteiger partial charge >= 0.3 is 5.97 Å². The molecule has 74 valence electrons. The first kappa shape index (κ1) is 10.2. The number of hydrogen-bond donors (Lipinski definition) is 2. The van der Waals surface area contributed by atoms with Gasteiger partial charge in [-0.3, -0.25) is 4.79 Å². The fourth-order valence-corrected chi connectivity index (χ4v) is 1.05. The number of aliphatic carboxylic acids is 1. The maximum atomic E-state index is 10.3. The molecule has 0 spiro atoms. The van der Waals surface area contributed by atoms with Crippen molar-refractivity contribution in [2.24, 2.45) is 5.18 Å². The number of phenolic OH excluding ortho intramolecular Hbond substituents is 1. The molecule has 5 nitrogen and oxygen atoms in total. The zero-order valence-corrected chi connectivity index (χ0v) is 7.30. The van der Waals surface area contributed by atoms with Crippen LogP contribution in [0.5, 0.6) is 5.75 Å². The molecule has 0 aliphatic heterocycles. The summed E-state index contributed by atoms with van der Waals surface area (Å²) in [7, 11) is 0. The number of aryl methyl sites for hydroxylation is 1. The van der Waals surface area contributed by atoms with E-state index in [2.05, 4.69) is 5.18 Å². The van der Waals surface area contributed by atoms with E-state index in [1.165, 1.54) is 12.1 Å². The van der Waals surface area contributed by atoms with Crippen LogP contribution in [0.4, 0.5) is 5.69 Å². The minimum Gasteiger partial charge on any atom is -0.506 e. The van der Waals surface area contributed by atoms with E-state index in [1.54, 1.807) is 6.07 Å². The Kier molecular flexibility index (Phi) is 3.17. The van der Waals surface area contributed by atoms with Gasteiger partial charge in [0.15, 0.2) is 0 Å². The van der Waals surface area contributed by atoms with Crippen LogP contribution in [0.15, 0.2) is 23.4 Å². The van der Waals surface area contributed by atoms with E-state index in [1.807, 2.05) is 0 Å². The van der Waals surface area contributed by atoms with Crippen molar-refractivity contribution >= 4 is 11.7 Å². The third kappa shape index (κ3) is 2.55. The molecule has 0 heterocycles. The summed E-state index contributed by atoms with van der Waals surface area (Å²) in [6.07, 6.45) is 0.307. The van der Waals surface area contributed by atoms with E-state index >= 15 is 0 Å². The number of hydrogen-bond acceptors (Lipinski definition) is 4. The molecular weight excluding hydrogens is 186 g/mol. The summed E-state index contributed by atoms with van der Waals surface area (Å²) in [5.74, 6) is -1.10. The minimum absolute atomic E-state index is 0.0108. The molecule has 0 atom stereocenters. The highest BCUT2D eigenvalue weighted by atomic mass is 16.4. The molecule has 0 saturated carbocycles. The Labute approximate surface area is 80.0 Å². The van der Waals surface area contributed by atoms with E-state index in [9.17, 15) is 9.70 Å². The largest absolute Gasteiger partial charge is 0.506 e. The van der Waals surface area contributed by atoms with Crippen LogP contribution in [-0.2, 0) is 11.2 Å². The van der Waals surface area contributed by atoms with Crippen molar-refractivity contribution in [3.05, 3.63) is 28.7 Å². The van der Waals surface area contributed by atoms with E-state index in [4.69, 9.17) is 10.2 Å². The summed E-state index contributed by atoms with van der Waals surface area (Å²) in [4.78, 5) is 20.5. The molecule has 0 aromatic heterocycles. The smallest absolute Gasteiger partial charge is 0.303 e. The highest BCUT2D eigenvalue weighted by Gasteiger charge is 2.04. The van der Waals surface area contributed by atoms with Crippen LogP contribution in [0.3, 0.4) is 0 Å². The lowest BCUT2D eigenvalue weighted by molar-refractivity contribution is -0.136. The molecule has 2 N–H and O–H groups in total. The van der Waals surface area contributed by atoms with Crippen LogP contribution in [-0.4, -0.2) is 16.2 Å². The summed E-state index contributed by atoms with van der Waals surface area (Å²) in [6.45, 7) is 0. The van der Waals surface area contributed by atoms with Gasteiger partial charge in [0.25, 0.3) is 0 Å². The summed E-state index contributed by atoms with van der Waals surface area (Å²) in [5, 5.41) is 20.1. The van der Waals surface area contributed by atoms with Crippen LogP contribution in [0.1, 0.15) is 12.0 Å². The lowest BCUT2D eigenvalue weighted by atomic mass is 10.1. The summed E-state index contributed by atoms with van der Waals surface area (Å²) < 4.78 is 0. The van der Waals surface area contributed by atoms with Gasteiger partial charge in [0.05, 0.1) is 0 Å². The topological polar surface area (TPSA) is 87.0 Å². The third-order valence-electron chi connectivity index (χ3n) is 1.77. The predicted octanol–water partition coefficient (Wildman–Crippen LogP) is 1.81. The SMILES string of the molecule is O=Nc1cc(CCC(=O)O)ccc1O. The van der Waals surface area contributed by atoms with Crippen molar-refractivity contribution in [3.63, 3.8) is 0 Å². The van der Waals surface area contributed by atoms with Gasteiger partial charge in [0.1, 0.15) is 11.4 Å². The van der Waals surface area contributed by atoms with E-state index in [0.717, 1.165) is 0 Å².